The fourth-order valence-electron chi connectivity index (χ4n) is 6.14. The molecule has 1 atom stereocenters. The second-order valence-electron chi connectivity index (χ2n) is 10.4. The smallest absolute Gasteiger partial charge is 0.0619 e. The first-order valence-electron chi connectivity index (χ1n) is 13.1. The van der Waals surface area contributed by atoms with Crippen LogP contribution in [0.25, 0.3) is 71.2 Å². The summed E-state index contributed by atoms with van der Waals surface area (Å²) >= 11 is 0. The molecule has 0 saturated heterocycles. The lowest BCUT2D eigenvalue weighted by atomic mass is 10.00. The molecule has 0 fully saturated rings. The van der Waals surface area contributed by atoms with E-state index in [-0.39, 0.29) is 0 Å². The first-order valence-corrected chi connectivity index (χ1v) is 13.1. The molecule has 2 heterocycles. The molecule has 0 amide bonds. The number of rotatable bonds is 2. The number of allylic oxidation sites excluding steroid dienone is 4. The lowest BCUT2D eigenvalue weighted by Gasteiger charge is -2.16. The lowest BCUT2D eigenvalue weighted by Crippen LogP contribution is -2.01. The number of aromatic amines is 1. The average Bonchev–Trinajstić information content (AvgIpc) is 3.49. The van der Waals surface area contributed by atoms with Gasteiger partial charge in [0.1, 0.15) is 0 Å². The molecule has 0 saturated carbocycles. The van der Waals surface area contributed by atoms with E-state index in [0.717, 1.165) is 6.42 Å². The molecule has 0 spiro atoms. The molecule has 1 N–H and O–H groups in total. The Labute approximate surface area is 215 Å². The highest BCUT2D eigenvalue weighted by Crippen LogP contribution is 2.40. The van der Waals surface area contributed by atoms with Crippen LogP contribution in [0.3, 0.4) is 0 Å². The third-order valence-corrected chi connectivity index (χ3v) is 8.04. The molecule has 1 aliphatic rings. The largest absolute Gasteiger partial charge is 0.355 e. The Morgan fingerprint density at radius 3 is 2.30 bits per heavy atom. The number of H-pyrrole nitrogens is 1. The molecular formula is C35H26N2. The Balaban J connectivity index is 1.41. The number of benzene rings is 5. The molecule has 2 aromatic heterocycles. The zero-order valence-corrected chi connectivity index (χ0v) is 20.7. The summed E-state index contributed by atoms with van der Waals surface area (Å²) < 4.78 is 2.47. The molecule has 7 aromatic rings. The number of nitrogens with zero attached hydrogens (tertiary/aromatic N) is 1. The van der Waals surface area contributed by atoms with Gasteiger partial charge >= 0.3 is 0 Å². The van der Waals surface area contributed by atoms with Crippen LogP contribution in [0.15, 0.2) is 115 Å². The quantitative estimate of drug-likeness (QED) is 0.257. The van der Waals surface area contributed by atoms with Gasteiger partial charge in [0.2, 0.25) is 0 Å². The van der Waals surface area contributed by atoms with Crippen LogP contribution in [0.1, 0.15) is 13.3 Å². The van der Waals surface area contributed by atoms with Gasteiger partial charge in [0.05, 0.1) is 11.0 Å². The van der Waals surface area contributed by atoms with Gasteiger partial charge in [0.25, 0.3) is 0 Å². The maximum atomic E-state index is 3.55. The summed E-state index contributed by atoms with van der Waals surface area (Å²) in [6.07, 6.45) is 8.10. The molecule has 0 bridgehead atoms. The summed E-state index contributed by atoms with van der Waals surface area (Å²) in [4.78, 5) is 3.55. The molecule has 2 nitrogen and oxygen atoms in total. The summed E-state index contributed by atoms with van der Waals surface area (Å²) in [5.74, 6) is 0.583. The van der Waals surface area contributed by atoms with Crippen molar-refractivity contribution >= 4 is 60.1 Å². The summed E-state index contributed by atoms with van der Waals surface area (Å²) in [6, 6.07) is 35.6. The topological polar surface area (TPSA) is 20.7 Å². The highest BCUT2D eigenvalue weighted by atomic mass is 15.0. The van der Waals surface area contributed by atoms with Gasteiger partial charge in [-0.3, -0.25) is 0 Å². The fraction of sp³-hybridized carbons (Fsp3) is 0.0857. The van der Waals surface area contributed by atoms with Crippen molar-refractivity contribution in [1.82, 2.24) is 9.55 Å². The van der Waals surface area contributed by atoms with Crippen molar-refractivity contribution in [3.05, 3.63) is 115 Å². The third-order valence-electron chi connectivity index (χ3n) is 8.04. The van der Waals surface area contributed by atoms with Gasteiger partial charge in [0, 0.05) is 43.7 Å². The minimum Gasteiger partial charge on any atom is -0.355 e. The van der Waals surface area contributed by atoms with Crippen LogP contribution < -0.4 is 0 Å². The number of fused-ring (bicyclic) bond motifs is 8. The van der Waals surface area contributed by atoms with E-state index < -0.39 is 0 Å². The second kappa shape index (κ2) is 7.72. The predicted octanol–water partition coefficient (Wildman–Crippen LogP) is 9.69. The van der Waals surface area contributed by atoms with Crippen LogP contribution in [-0.2, 0) is 0 Å². The van der Waals surface area contributed by atoms with Crippen LogP contribution in [0.2, 0.25) is 0 Å². The van der Waals surface area contributed by atoms with Gasteiger partial charge in [-0.2, -0.15) is 0 Å². The predicted molar refractivity (Wildman–Crippen MR) is 159 cm³/mol. The van der Waals surface area contributed by atoms with E-state index in [0.29, 0.717) is 5.92 Å². The molecule has 0 radical (unpaired) electrons. The van der Waals surface area contributed by atoms with Gasteiger partial charge in [-0.1, -0.05) is 85.8 Å². The number of hydrogen-bond donors (Lipinski definition) is 1. The zero-order valence-electron chi connectivity index (χ0n) is 20.7. The number of para-hydroxylation sites is 1. The molecule has 1 aliphatic carbocycles. The number of hydrogen-bond acceptors (Lipinski definition) is 0. The normalized spacial score (nSPS) is 15.9. The van der Waals surface area contributed by atoms with E-state index in [1.807, 2.05) is 0 Å². The van der Waals surface area contributed by atoms with E-state index in [9.17, 15) is 0 Å². The minimum absolute atomic E-state index is 0.583. The third kappa shape index (κ3) is 3.06. The van der Waals surface area contributed by atoms with E-state index in [2.05, 4.69) is 132 Å². The van der Waals surface area contributed by atoms with Crippen molar-refractivity contribution in [3.8, 4) is 11.1 Å². The van der Waals surface area contributed by atoms with Crippen LogP contribution in [-0.4, -0.2) is 9.55 Å². The maximum absolute atomic E-state index is 3.55. The van der Waals surface area contributed by atoms with Crippen molar-refractivity contribution in [2.24, 2.45) is 5.92 Å². The van der Waals surface area contributed by atoms with E-state index in [1.54, 1.807) is 0 Å². The van der Waals surface area contributed by atoms with Gasteiger partial charge < -0.3 is 9.55 Å². The van der Waals surface area contributed by atoms with Crippen LogP contribution in [0.4, 0.5) is 0 Å². The lowest BCUT2D eigenvalue weighted by molar-refractivity contribution is 0.735. The molecular weight excluding hydrogens is 448 g/mol. The Bertz CT molecular complexity index is 2080. The molecule has 5 aromatic carbocycles. The van der Waals surface area contributed by atoms with Gasteiger partial charge in [-0.15, -0.1) is 0 Å². The fourth-order valence-corrected chi connectivity index (χ4v) is 6.14. The Morgan fingerprint density at radius 1 is 0.676 bits per heavy atom. The van der Waals surface area contributed by atoms with Crippen LogP contribution >= 0.6 is 0 Å². The standard InChI is InChI=1S/C35H26N2/c1-22-10-15-26(16-11-22)37-34-19-14-25(21-31(34)29-17-12-23-6-2-3-7-27(23)35(29)37)24-13-18-33-30(20-24)28-8-4-5-9-32(28)36-33/h2-10,12-22,36H,11H2,1H3. The molecule has 37 heavy (non-hydrogen) atoms. The van der Waals surface area contributed by atoms with E-state index in [1.165, 1.54) is 71.2 Å². The average molecular weight is 475 g/mol. The maximum Gasteiger partial charge on any atom is 0.0619 e. The van der Waals surface area contributed by atoms with Gasteiger partial charge in [0.15, 0.2) is 0 Å². The molecule has 176 valence electrons. The summed E-state index contributed by atoms with van der Waals surface area (Å²) in [6.45, 7) is 2.28. The zero-order chi connectivity index (χ0) is 24.5. The van der Waals surface area contributed by atoms with Crippen molar-refractivity contribution in [2.45, 2.75) is 13.3 Å². The highest BCUT2D eigenvalue weighted by molar-refractivity contribution is 6.20. The van der Waals surface area contributed by atoms with Crippen molar-refractivity contribution < 1.29 is 0 Å². The first kappa shape index (κ1) is 20.6. The van der Waals surface area contributed by atoms with Crippen LogP contribution in [0, 0.1) is 5.92 Å². The van der Waals surface area contributed by atoms with Crippen molar-refractivity contribution in [2.75, 3.05) is 0 Å². The molecule has 2 heteroatoms. The summed E-state index contributed by atoms with van der Waals surface area (Å²) in [7, 11) is 0. The SMILES string of the molecule is CC1C=CC(n2c3ccc(-c4ccc5[nH]c6ccccc6c5c4)cc3c3ccc4ccccc4c32)=CC1. The summed E-state index contributed by atoms with van der Waals surface area (Å²) in [5, 5.41) is 7.72. The Kier molecular flexibility index (Phi) is 4.30. The second-order valence-corrected chi connectivity index (χ2v) is 10.4. The first-order chi connectivity index (χ1) is 18.2. The van der Waals surface area contributed by atoms with Gasteiger partial charge in [-0.25, -0.2) is 0 Å². The summed E-state index contributed by atoms with van der Waals surface area (Å²) in [5.41, 5.74) is 8.67. The Hall–Kier alpha value is -4.56. The monoisotopic (exact) mass is 474 g/mol. The van der Waals surface area contributed by atoms with Crippen molar-refractivity contribution in [1.29, 1.82) is 0 Å². The molecule has 1 unspecified atom stereocenters. The Morgan fingerprint density at radius 2 is 1.43 bits per heavy atom. The number of nitrogens with one attached hydrogen (secondary N) is 1. The molecule has 8 rings (SSSR count). The van der Waals surface area contributed by atoms with E-state index in [4.69, 9.17) is 0 Å². The number of aromatic nitrogens is 2. The molecule has 0 aliphatic heterocycles. The van der Waals surface area contributed by atoms with Crippen LogP contribution in [0.5, 0.6) is 0 Å². The van der Waals surface area contributed by atoms with Gasteiger partial charge in [-0.05, 0) is 65.3 Å². The highest BCUT2D eigenvalue weighted by Gasteiger charge is 2.18. The van der Waals surface area contributed by atoms with Crippen molar-refractivity contribution in [3.63, 3.8) is 0 Å². The minimum atomic E-state index is 0.583. The van der Waals surface area contributed by atoms with E-state index >= 15 is 0 Å².